The third kappa shape index (κ3) is 3.46. The van der Waals surface area contributed by atoms with E-state index in [4.69, 9.17) is 0 Å². The van der Waals surface area contributed by atoms with E-state index in [0.717, 1.165) is 22.7 Å². The molecule has 9 heteroatoms. The average Bonchev–Trinajstić information content (AvgIpc) is 3.02. The maximum Gasteiger partial charge on any atom is 0.252 e. The molecule has 0 atom stereocenters. The zero-order chi connectivity index (χ0) is 25.8. The molecule has 1 aliphatic carbocycles. The van der Waals surface area contributed by atoms with Crippen LogP contribution in [0.25, 0.3) is 0 Å². The molecular weight excluding hydrogens is 483 g/mol. The second-order valence-electron chi connectivity index (χ2n) is 10.4. The fraction of sp³-hybridized carbons (Fsp3) is 0.200. The van der Waals surface area contributed by atoms with Crippen molar-refractivity contribution in [3.05, 3.63) is 91.5 Å². The van der Waals surface area contributed by atoms with Gasteiger partial charge >= 0.3 is 0 Å². The van der Waals surface area contributed by atoms with Gasteiger partial charge in [0.2, 0.25) is 11.9 Å². The van der Waals surface area contributed by atoms with Crippen molar-refractivity contribution >= 4 is 57.7 Å². The number of fused-ring (bicyclic) bond motifs is 4. The quantitative estimate of drug-likeness (QED) is 0.329. The number of hydrogen-bond donors (Lipinski definition) is 0. The van der Waals surface area contributed by atoms with Crippen LogP contribution in [0.15, 0.2) is 86.0 Å². The highest BCUT2D eigenvalue weighted by atomic mass is 15.3. The van der Waals surface area contributed by atoms with E-state index in [-0.39, 0.29) is 6.71 Å². The Morgan fingerprint density at radius 2 is 1.08 bits per heavy atom. The molecule has 0 radical (unpaired) electrons. The first-order valence-corrected chi connectivity index (χ1v) is 13.6. The molecule has 188 valence electrons. The summed E-state index contributed by atoms with van der Waals surface area (Å²) in [5, 5.41) is 0. The molecule has 2 aromatic heterocycles. The van der Waals surface area contributed by atoms with Crippen molar-refractivity contribution in [2.45, 2.75) is 38.0 Å². The van der Waals surface area contributed by atoms with Crippen molar-refractivity contribution in [1.82, 2.24) is 29.9 Å². The van der Waals surface area contributed by atoms with E-state index in [1.807, 2.05) is 0 Å². The lowest BCUT2D eigenvalue weighted by Crippen LogP contribution is -2.61. The summed E-state index contributed by atoms with van der Waals surface area (Å²) in [5.41, 5.74) is 9.41. The van der Waals surface area contributed by atoms with Crippen LogP contribution in [0.5, 0.6) is 0 Å². The topological polar surface area (TPSA) is 83.8 Å². The molecule has 0 N–H and O–H groups in total. The minimum atomic E-state index is 0.0546. The number of nitrogens with zero attached hydrogens (tertiary/aromatic N) is 8. The van der Waals surface area contributed by atoms with Gasteiger partial charge in [0, 0.05) is 22.7 Å². The molecule has 8 nitrogen and oxygen atoms in total. The van der Waals surface area contributed by atoms with Crippen LogP contribution in [-0.4, -0.2) is 36.6 Å². The van der Waals surface area contributed by atoms with Crippen LogP contribution in [0.3, 0.4) is 0 Å². The average molecular weight is 508 g/mol. The van der Waals surface area contributed by atoms with Gasteiger partial charge in [0.15, 0.2) is 0 Å². The van der Waals surface area contributed by atoms with Gasteiger partial charge in [-0.25, -0.2) is 29.9 Å². The Morgan fingerprint density at radius 3 is 1.59 bits per heavy atom. The second kappa shape index (κ2) is 8.98. The van der Waals surface area contributed by atoms with Crippen molar-refractivity contribution in [2.24, 2.45) is 0 Å². The van der Waals surface area contributed by atoms with Gasteiger partial charge in [-0.3, -0.25) is 9.80 Å². The normalized spacial score (nSPS) is 15.9. The molecule has 39 heavy (non-hydrogen) atoms. The van der Waals surface area contributed by atoms with Gasteiger partial charge in [-0.15, -0.1) is 0 Å². The Kier molecular flexibility index (Phi) is 5.14. The first-order valence-electron chi connectivity index (χ1n) is 13.6. The molecule has 8 rings (SSSR count). The van der Waals surface area contributed by atoms with Gasteiger partial charge in [0.1, 0.15) is 25.3 Å². The number of anilines is 6. The summed E-state index contributed by atoms with van der Waals surface area (Å²) in [6, 6.07) is 22.0. The minimum Gasteiger partial charge on any atom is -0.280 e. The van der Waals surface area contributed by atoms with Gasteiger partial charge < -0.3 is 0 Å². The van der Waals surface area contributed by atoms with Crippen molar-refractivity contribution < 1.29 is 0 Å². The molecule has 3 aromatic carbocycles. The molecule has 4 heterocycles. The fourth-order valence-corrected chi connectivity index (χ4v) is 6.72. The van der Waals surface area contributed by atoms with Crippen LogP contribution in [0.1, 0.15) is 43.6 Å². The lowest BCUT2D eigenvalue weighted by Gasteiger charge is -2.43. The summed E-state index contributed by atoms with van der Waals surface area (Å²) in [4.78, 5) is 31.1. The minimum absolute atomic E-state index is 0.0546. The number of aromatic nitrogens is 6. The van der Waals surface area contributed by atoms with E-state index < -0.39 is 0 Å². The van der Waals surface area contributed by atoms with E-state index in [1.165, 1.54) is 54.1 Å². The third-order valence-electron chi connectivity index (χ3n) is 8.34. The van der Waals surface area contributed by atoms with Gasteiger partial charge in [-0.05, 0) is 65.0 Å². The summed E-state index contributed by atoms with van der Waals surface area (Å²) in [6.45, 7) is 0.0546. The SMILES string of the molecule is c1ccc2c(c1)B1c3ccccc3N(c3ncncn3)c3cc(C4CCCCC4)cc(c31)N2c1ncncn1. The van der Waals surface area contributed by atoms with Gasteiger partial charge in [0.05, 0.1) is 0 Å². The van der Waals surface area contributed by atoms with Crippen LogP contribution in [0.4, 0.5) is 34.6 Å². The Balaban J connectivity index is 1.47. The number of hydrogen-bond acceptors (Lipinski definition) is 8. The third-order valence-corrected chi connectivity index (χ3v) is 8.34. The van der Waals surface area contributed by atoms with Gasteiger partial charge in [0.25, 0.3) is 6.71 Å². The zero-order valence-corrected chi connectivity index (χ0v) is 21.4. The van der Waals surface area contributed by atoms with E-state index in [0.29, 0.717) is 17.8 Å². The van der Waals surface area contributed by atoms with Crippen molar-refractivity contribution in [1.29, 1.82) is 0 Å². The molecule has 1 fully saturated rings. The predicted molar refractivity (Wildman–Crippen MR) is 153 cm³/mol. The van der Waals surface area contributed by atoms with Crippen molar-refractivity contribution in [2.75, 3.05) is 9.80 Å². The zero-order valence-electron chi connectivity index (χ0n) is 21.4. The maximum absolute atomic E-state index is 4.62. The molecule has 1 saturated carbocycles. The van der Waals surface area contributed by atoms with Crippen molar-refractivity contribution in [3.63, 3.8) is 0 Å². The maximum atomic E-state index is 4.62. The summed E-state index contributed by atoms with van der Waals surface area (Å²) in [6.07, 6.45) is 12.5. The van der Waals surface area contributed by atoms with Crippen molar-refractivity contribution in [3.8, 4) is 0 Å². The van der Waals surface area contributed by atoms with E-state index in [1.54, 1.807) is 25.3 Å². The van der Waals surface area contributed by atoms with Gasteiger partial charge in [-0.1, -0.05) is 55.7 Å². The molecular formula is C30H25BN8. The Hall–Kier alpha value is -4.66. The van der Waals surface area contributed by atoms with Crippen LogP contribution < -0.4 is 26.2 Å². The lowest BCUT2D eigenvalue weighted by molar-refractivity contribution is 0.444. The highest BCUT2D eigenvalue weighted by Crippen LogP contribution is 2.45. The first kappa shape index (κ1) is 22.3. The molecule has 5 aromatic rings. The smallest absolute Gasteiger partial charge is 0.252 e. The predicted octanol–water partition coefficient (Wildman–Crippen LogP) is 4.19. The second-order valence-corrected chi connectivity index (χ2v) is 10.4. The summed E-state index contributed by atoms with van der Waals surface area (Å²) in [5.74, 6) is 1.74. The van der Waals surface area contributed by atoms with Crippen LogP contribution in [0, 0.1) is 0 Å². The molecule has 2 aliphatic heterocycles. The van der Waals surface area contributed by atoms with E-state index in [9.17, 15) is 0 Å². The summed E-state index contributed by atoms with van der Waals surface area (Å²) in [7, 11) is 0. The number of para-hydroxylation sites is 2. The largest absolute Gasteiger partial charge is 0.280 e. The van der Waals surface area contributed by atoms with Crippen LogP contribution >= 0.6 is 0 Å². The Labute approximate surface area is 226 Å². The van der Waals surface area contributed by atoms with Crippen LogP contribution in [-0.2, 0) is 0 Å². The Morgan fingerprint density at radius 1 is 0.590 bits per heavy atom. The highest BCUT2D eigenvalue weighted by Gasteiger charge is 2.44. The van der Waals surface area contributed by atoms with E-state index in [2.05, 4.69) is 100 Å². The monoisotopic (exact) mass is 508 g/mol. The molecule has 0 bridgehead atoms. The molecule has 0 saturated heterocycles. The molecule has 0 spiro atoms. The molecule has 0 amide bonds. The Bertz CT molecular complexity index is 1560. The molecule has 3 aliphatic rings. The van der Waals surface area contributed by atoms with E-state index >= 15 is 0 Å². The first-order chi connectivity index (χ1) is 19.4. The number of benzene rings is 3. The lowest BCUT2D eigenvalue weighted by atomic mass is 9.33. The number of rotatable bonds is 3. The molecule has 0 unspecified atom stereocenters. The summed E-state index contributed by atoms with van der Waals surface area (Å²) < 4.78 is 0. The highest BCUT2D eigenvalue weighted by molar-refractivity contribution is 7.00. The van der Waals surface area contributed by atoms with Gasteiger partial charge in [-0.2, -0.15) is 0 Å². The summed E-state index contributed by atoms with van der Waals surface area (Å²) >= 11 is 0. The standard InChI is InChI=1S/C30H25BN8/c1-2-8-20(9-3-1)21-14-26-28-27(15-21)39(30-36-18-33-19-37-30)25-13-7-5-11-23(25)31(28)22-10-4-6-12-24(22)38(26)29-34-16-32-17-35-29/h4-7,10-20H,1-3,8-9H2. The van der Waals surface area contributed by atoms with Crippen LogP contribution in [0.2, 0.25) is 0 Å². The fourth-order valence-electron chi connectivity index (χ4n) is 6.72.